The van der Waals surface area contributed by atoms with Gasteiger partial charge in [0.2, 0.25) is 5.82 Å². The fourth-order valence-corrected chi connectivity index (χ4v) is 4.63. The first-order valence-electron chi connectivity index (χ1n) is 10.1. The third-order valence-corrected chi connectivity index (χ3v) is 6.19. The van der Waals surface area contributed by atoms with Gasteiger partial charge >= 0.3 is 0 Å². The number of halogens is 2. The average molecular weight is 349 g/mol. The molecule has 2 saturated carbocycles. The molecule has 0 amide bonds. The van der Waals surface area contributed by atoms with Crippen molar-refractivity contribution in [1.29, 1.82) is 0 Å². The van der Waals surface area contributed by atoms with Crippen molar-refractivity contribution in [2.24, 2.45) is 5.92 Å². The Balaban J connectivity index is 1.65. The summed E-state index contributed by atoms with van der Waals surface area (Å²) in [5.74, 6) is 0.986. The van der Waals surface area contributed by atoms with E-state index in [1.807, 2.05) is 0 Å². The molecule has 0 heterocycles. The van der Waals surface area contributed by atoms with E-state index >= 15 is 0 Å². The van der Waals surface area contributed by atoms with E-state index in [1.165, 1.54) is 12.8 Å². The molecule has 1 aromatic carbocycles. The first-order chi connectivity index (χ1) is 12.1. The normalized spacial score (nSPS) is 25.4. The Bertz CT molecular complexity index is 563. The molecule has 3 heteroatoms. The van der Waals surface area contributed by atoms with E-state index in [2.05, 4.69) is 13.8 Å². The van der Waals surface area contributed by atoms with Gasteiger partial charge < -0.3 is 4.74 Å². The number of benzene rings is 1. The second kappa shape index (κ2) is 8.51. The van der Waals surface area contributed by atoms with Gasteiger partial charge in [-0.1, -0.05) is 32.8 Å². The topological polar surface area (TPSA) is 9.23 Å². The fraction of sp³-hybridized carbons (Fsp3) is 0.682. The van der Waals surface area contributed by atoms with Crippen LogP contribution in [-0.2, 0) is 0 Å². The van der Waals surface area contributed by atoms with Crippen molar-refractivity contribution < 1.29 is 13.5 Å². The van der Waals surface area contributed by atoms with Crippen LogP contribution in [0.5, 0.6) is 5.75 Å². The number of ether oxygens (including phenoxy) is 1. The highest BCUT2D eigenvalue weighted by Gasteiger charge is 2.29. The third kappa shape index (κ3) is 4.35. The Morgan fingerprint density at radius 3 is 2.44 bits per heavy atom. The lowest BCUT2D eigenvalue weighted by atomic mass is 9.77. The molecule has 0 saturated heterocycles. The SMILES string of the molecule is CCCC1CCC(Oc2ccc(C3CC[C](CC)CC3)c(F)c2F)C1. The second-order valence-electron chi connectivity index (χ2n) is 7.87. The third-order valence-electron chi connectivity index (χ3n) is 6.19. The van der Waals surface area contributed by atoms with Crippen LogP contribution in [0.2, 0.25) is 0 Å². The summed E-state index contributed by atoms with van der Waals surface area (Å²) in [6.45, 7) is 4.37. The Morgan fingerprint density at radius 1 is 1.00 bits per heavy atom. The molecule has 2 atom stereocenters. The van der Waals surface area contributed by atoms with Crippen molar-refractivity contribution in [3.05, 3.63) is 35.2 Å². The van der Waals surface area contributed by atoms with Gasteiger partial charge in [0, 0.05) is 0 Å². The van der Waals surface area contributed by atoms with Gasteiger partial charge in [0.05, 0.1) is 6.10 Å². The van der Waals surface area contributed by atoms with Crippen molar-refractivity contribution >= 4 is 0 Å². The maximum Gasteiger partial charge on any atom is 0.200 e. The molecule has 2 fully saturated rings. The maximum atomic E-state index is 14.6. The van der Waals surface area contributed by atoms with Crippen LogP contribution in [-0.4, -0.2) is 6.10 Å². The van der Waals surface area contributed by atoms with Crippen LogP contribution < -0.4 is 4.74 Å². The summed E-state index contributed by atoms with van der Waals surface area (Å²) in [5, 5.41) is 0. The van der Waals surface area contributed by atoms with E-state index in [9.17, 15) is 8.78 Å². The molecule has 2 aliphatic rings. The van der Waals surface area contributed by atoms with E-state index in [4.69, 9.17) is 4.74 Å². The van der Waals surface area contributed by atoms with Crippen LogP contribution in [0.1, 0.15) is 89.5 Å². The Labute approximate surface area is 151 Å². The van der Waals surface area contributed by atoms with Crippen molar-refractivity contribution in [3.63, 3.8) is 0 Å². The monoisotopic (exact) mass is 349 g/mol. The first kappa shape index (κ1) is 18.7. The molecule has 1 nitrogen and oxygen atoms in total. The lowest BCUT2D eigenvalue weighted by molar-refractivity contribution is 0.191. The highest BCUT2D eigenvalue weighted by atomic mass is 19.2. The molecule has 139 valence electrons. The van der Waals surface area contributed by atoms with Gasteiger partial charge in [-0.25, -0.2) is 4.39 Å². The minimum absolute atomic E-state index is 0.0349. The molecule has 2 unspecified atom stereocenters. The van der Waals surface area contributed by atoms with E-state index in [0.717, 1.165) is 51.4 Å². The van der Waals surface area contributed by atoms with E-state index < -0.39 is 11.6 Å². The zero-order valence-electron chi connectivity index (χ0n) is 15.6. The van der Waals surface area contributed by atoms with Crippen LogP contribution in [0.3, 0.4) is 0 Å². The summed E-state index contributed by atoms with van der Waals surface area (Å²) >= 11 is 0. The van der Waals surface area contributed by atoms with Crippen molar-refractivity contribution in [2.75, 3.05) is 0 Å². The largest absolute Gasteiger partial charge is 0.487 e. The molecule has 0 N–H and O–H groups in total. The highest BCUT2D eigenvalue weighted by Crippen LogP contribution is 2.41. The Kier molecular flexibility index (Phi) is 6.35. The summed E-state index contributed by atoms with van der Waals surface area (Å²) in [6.07, 6.45) is 10.5. The zero-order chi connectivity index (χ0) is 17.8. The molecule has 25 heavy (non-hydrogen) atoms. The molecule has 0 aromatic heterocycles. The lowest BCUT2D eigenvalue weighted by Gasteiger charge is -2.28. The fourth-order valence-electron chi connectivity index (χ4n) is 4.63. The van der Waals surface area contributed by atoms with Gasteiger partial charge in [-0.3, -0.25) is 0 Å². The molecule has 1 aromatic rings. The van der Waals surface area contributed by atoms with Gasteiger partial charge in [0.1, 0.15) is 0 Å². The van der Waals surface area contributed by atoms with Crippen LogP contribution in [0, 0.1) is 23.5 Å². The van der Waals surface area contributed by atoms with E-state index in [1.54, 1.807) is 18.1 Å². The minimum atomic E-state index is -0.790. The Hall–Kier alpha value is -1.12. The predicted molar refractivity (Wildman–Crippen MR) is 97.8 cm³/mol. The number of hydrogen-bond acceptors (Lipinski definition) is 1. The maximum absolute atomic E-state index is 14.6. The van der Waals surface area contributed by atoms with Gasteiger partial charge in [0.15, 0.2) is 11.6 Å². The summed E-state index contributed by atoms with van der Waals surface area (Å²) in [5.41, 5.74) is 0.537. The quantitative estimate of drug-likeness (QED) is 0.539. The molecule has 2 aliphatic carbocycles. The molecular formula is C22H31F2O. The summed E-state index contributed by atoms with van der Waals surface area (Å²) in [7, 11) is 0. The molecule has 3 rings (SSSR count). The van der Waals surface area contributed by atoms with Gasteiger partial charge in [0.25, 0.3) is 0 Å². The van der Waals surface area contributed by atoms with Gasteiger partial charge in [-0.05, 0) is 80.8 Å². The van der Waals surface area contributed by atoms with E-state index in [-0.39, 0.29) is 17.8 Å². The van der Waals surface area contributed by atoms with Crippen molar-refractivity contribution in [2.45, 2.75) is 90.1 Å². The number of rotatable bonds is 6. The van der Waals surface area contributed by atoms with Crippen LogP contribution in [0.4, 0.5) is 8.78 Å². The molecule has 0 spiro atoms. The van der Waals surface area contributed by atoms with Gasteiger partial charge in [-0.15, -0.1) is 0 Å². The van der Waals surface area contributed by atoms with Crippen LogP contribution in [0.15, 0.2) is 12.1 Å². The molecular weight excluding hydrogens is 318 g/mol. The zero-order valence-corrected chi connectivity index (χ0v) is 15.6. The highest BCUT2D eigenvalue weighted by molar-refractivity contribution is 5.34. The van der Waals surface area contributed by atoms with Crippen LogP contribution >= 0.6 is 0 Å². The average Bonchev–Trinajstić information content (AvgIpc) is 3.07. The lowest BCUT2D eigenvalue weighted by Crippen LogP contribution is -2.16. The second-order valence-corrected chi connectivity index (χ2v) is 7.87. The van der Waals surface area contributed by atoms with Crippen molar-refractivity contribution in [1.82, 2.24) is 0 Å². The first-order valence-corrected chi connectivity index (χ1v) is 10.1. The number of hydrogen-bond donors (Lipinski definition) is 0. The van der Waals surface area contributed by atoms with Crippen LogP contribution in [0.25, 0.3) is 0 Å². The molecule has 0 aliphatic heterocycles. The van der Waals surface area contributed by atoms with Gasteiger partial charge in [-0.2, -0.15) is 4.39 Å². The molecule has 1 radical (unpaired) electrons. The van der Waals surface area contributed by atoms with Crippen molar-refractivity contribution in [3.8, 4) is 5.75 Å². The summed E-state index contributed by atoms with van der Waals surface area (Å²) < 4.78 is 35.0. The minimum Gasteiger partial charge on any atom is -0.487 e. The smallest absolute Gasteiger partial charge is 0.200 e. The summed E-state index contributed by atoms with van der Waals surface area (Å²) in [4.78, 5) is 0. The molecule has 0 bridgehead atoms. The standard InChI is InChI=1S/C22H31F2O/c1-3-5-16-8-11-18(14-16)25-20-13-12-19(21(23)22(20)24)17-9-6-15(4-2)7-10-17/h12-13,16-18H,3-11,14H2,1-2H3. The predicted octanol–water partition coefficient (Wildman–Crippen LogP) is 6.95. The Morgan fingerprint density at radius 2 is 1.76 bits per heavy atom. The summed E-state index contributed by atoms with van der Waals surface area (Å²) in [6, 6.07) is 3.41. The van der Waals surface area contributed by atoms with E-state index in [0.29, 0.717) is 11.5 Å².